The van der Waals surface area contributed by atoms with Gasteiger partial charge < -0.3 is 20.4 Å². The van der Waals surface area contributed by atoms with Crippen molar-refractivity contribution in [1.82, 2.24) is 0 Å². The summed E-state index contributed by atoms with van der Waals surface area (Å²) in [5.74, 6) is 0.670. The van der Waals surface area contributed by atoms with Gasteiger partial charge in [0, 0.05) is 22.3 Å². The lowest BCUT2D eigenvalue weighted by Gasteiger charge is -2.23. The molecule has 0 aliphatic rings. The van der Waals surface area contributed by atoms with Crippen LogP contribution >= 0.6 is 0 Å². The first-order chi connectivity index (χ1) is 23.5. The van der Waals surface area contributed by atoms with Crippen molar-refractivity contribution in [1.29, 1.82) is 0 Å². The fraction of sp³-hybridized carbons (Fsp3) is 0. The number of aromatic hydroxyl groups is 4. The Kier molecular flexibility index (Phi) is 6.08. The molecule has 0 radical (unpaired) electrons. The standard InChI is InChI=1S/C44H28O4/c45-37-16-5-1-11-27(37)26-22-25-10-9-15-33-41(25)36(23-26)42-31(28-12-2-6-17-38(28)46)20-21-32-34(29-13-3-7-18-39(29)47)24-35(43(33)44(32)42)30-14-4-8-19-40(30)48/h1-24,45-48H. The summed E-state index contributed by atoms with van der Waals surface area (Å²) in [7, 11) is 0. The van der Waals surface area contributed by atoms with E-state index in [1.165, 1.54) is 0 Å². The predicted octanol–water partition coefficient (Wildman–Crippen LogP) is 11.2. The minimum absolute atomic E-state index is 0.155. The minimum atomic E-state index is 0.155. The van der Waals surface area contributed by atoms with E-state index in [0.717, 1.165) is 70.9 Å². The molecule has 0 unspecified atom stereocenters. The monoisotopic (exact) mass is 620 g/mol. The van der Waals surface area contributed by atoms with Crippen LogP contribution < -0.4 is 0 Å². The van der Waals surface area contributed by atoms with Gasteiger partial charge in [0.1, 0.15) is 23.0 Å². The molecular formula is C44H28O4. The molecule has 0 amide bonds. The molecule has 4 N–H and O–H groups in total. The van der Waals surface area contributed by atoms with Gasteiger partial charge in [-0.1, -0.05) is 103 Å². The third kappa shape index (κ3) is 4.03. The Hall–Kier alpha value is -6.52. The average Bonchev–Trinajstić information content (AvgIpc) is 3.11. The molecular weight excluding hydrogens is 592 g/mol. The summed E-state index contributed by atoms with van der Waals surface area (Å²) >= 11 is 0. The van der Waals surface area contributed by atoms with E-state index >= 15 is 0 Å². The van der Waals surface area contributed by atoms with Crippen LogP contribution in [0, 0.1) is 0 Å². The van der Waals surface area contributed by atoms with Gasteiger partial charge in [-0.3, -0.25) is 0 Å². The predicted molar refractivity (Wildman–Crippen MR) is 196 cm³/mol. The molecule has 9 aromatic carbocycles. The molecule has 0 saturated carbocycles. The zero-order valence-electron chi connectivity index (χ0n) is 25.6. The van der Waals surface area contributed by atoms with Gasteiger partial charge in [-0.2, -0.15) is 0 Å². The first kappa shape index (κ1) is 27.8. The molecule has 228 valence electrons. The van der Waals surface area contributed by atoms with E-state index in [4.69, 9.17) is 0 Å². The Morgan fingerprint density at radius 2 is 0.792 bits per heavy atom. The van der Waals surface area contributed by atoms with Crippen molar-refractivity contribution >= 4 is 43.1 Å². The number of phenolic OH excluding ortho intramolecular Hbond substituents is 4. The summed E-state index contributed by atoms with van der Waals surface area (Å²) in [6.07, 6.45) is 0. The van der Waals surface area contributed by atoms with Crippen molar-refractivity contribution in [2.24, 2.45) is 0 Å². The molecule has 9 rings (SSSR count). The number of hydrogen-bond donors (Lipinski definition) is 4. The molecule has 48 heavy (non-hydrogen) atoms. The number of rotatable bonds is 4. The van der Waals surface area contributed by atoms with Gasteiger partial charge in [0.25, 0.3) is 0 Å². The lowest BCUT2D eigenvalue weighted by molar-refractivity contribution is 0.477. The van der Waals surface area contributed by atoms with E-state index in [-0.39, 0.29) is 23.0 Å². The molecule has 0 saturated heterocycles. The van der Waals surface area contributed by atoms with Crippen LogP contribution in [-0.2, 0) is 0 Å². The lowest BCUT2D eigenvalue weighted by atomic mass is 9.80. The fourth-order valence-electron chi connectivity index (χ4n) is 7.55. The number of para-hydroxylation sites is 4. The molecule has 0 heterocycles. The smallest absolute Gasteiger partial charge is 0.123 e. The third-order valence-corrected chi connectivity index (χ3v) is 9.62. The second-order valence-electron chi connectivity index (χ2n) is 12.3. The molecule has 9 aromatic rings. The summed E-state index contributed by atoms with van der Waals surface area (Å²) in [6.45, 7) is 0. The highest BCUT2D eigenvalue weighted by atomic mass is 16.3. The molecule has 4 heteroatoms. The van der Waals surface area contributed by atoms with Crippen molar-refractivity contribution in [2.45, 2.75) is 0 Å². The normalized spacial score (nSPS) is 11.7. The topological polar surface area (TPSA) is 80.9 Å². The largest absolute Gasteiger partial charge is 0.507 e. The maximum Gasteiger partial charge on any atom is 0.123 e. The van der Waals surface area contributed by atoms with Gasteiger partial charge in [-0.25, -0.2) is 0 Å². The number of phenols is 4. The second kappa shape index (κ2) is 10.5. The highest BCUT2D eigenvalue weighted by Gasteiger charge is 2.24. The second-order valence-corrected chi connectivity index (χ2v) is 12.3. The summed E-state index contributed by atoms with van der Waals surface area (Å²) in [6, 6.07) is 46.1. The maximum absolute atomic E-state index is 11.3. The van der Waals surface area contributed by atoms with E-state index in [1.54, 1.807) is 24.3 Å². The summed E-state index contributed by atoms with van der Waals surface area (Å²) in [4.78, 5) is 0. The highest BCUT2D eigenvalue weighted by molar-refractivity contribution is 6.39. The van der Waals surface area contributed by atoms with Crippen molar-refractivity contribution in [2.75, 3.05) is 0 Å². The molecule has 0 aromatic heterocycles. The van der Waals surface area contributed by atoms with Crippen molar-refractivity contribution < 1.29 is 20.4 Å². The van der Waals surface area contributed by atoms with Crippen molar-refractivity contribution in [3.8, 4) is 67.5 Å². The molecule has 0 aliphatic carbocycles. The number of hydrogen-bond acceptors (Lipinski definition) is 4. The Balaban J connectivity index is 1.59. The van der Waals surface area contributed by atoms with E-state index in [1.807, 2.05) is 84.9 Å². The van der Waals surface area contributed by atoms with Crippen molar-refractivity contribution in [3.05, 3.63) is 146 Å². The first-order valence-corrected chi connectivity index (χ1v) is 15.8. The maximum atomic E-state index is 11.3. The highest BCUT2D eigenvalue weighted by Crippen LogP contribution is 2.53. The Bertz CT molecular complexity index is 2720. The SMILES string of the molecule is Oc1ccccc1-c1cc2cccc3c4c(-c5ccccc5O)cc(-c5ccccc5O)c5ccc(-c6ccccc6O)c(c(c1)c23)c54. The summed E-state index contributed by atoms with van der Waals surface area (Å²) < 4.78 is 0. The van der Waals surface area contributed by atoms with E-state index < -0.39 is 0 Å². The third-order valence-electron chi connectivity index (χ3n) is 9.62. The zero-order chi connectivity index (χ0) is 32.5. The van der Waals surface area contributed by atoms with Crippen LogP contribution in [0.3, 0.4) is 0 Å². The molecule has 0 aliphatic heterocycles. The number of benzene rings is 9. The van der Waals surface area contributed by atoms with Gasteiger partial charge in [0.15, 0.2) is 0 Å². The number of fused-ring (bicyclic) bond motifs is 2. The van der Waals surface area contributed by atoms with E-state index in [0.29, 0.717) is 16.7 Å². The van der Waals surface area contributed by atoms with E-state index in [9.17, 15) is 20.4 Å². The molecule has 4 nitrogen and oxygen atoms in total. The Labute approximate surface area is 276 Å². The van der Waals surface area contributed by atoms with Crippen LogP contribution in [0.5, 0.6) is 23.0 Å². The van der Waals surface area contributed by atoms with Gasteiger partial charge >= 0.3 is 0 Å². The van der Waals surface area contributed by atoms with Crippen LogP contribution in [0.25, 0.3) is 87.6 Å². The minimum Gasteiger partial charge on any atom is -0.507 e. The average molecular weight is 621 g/mol. The van der Waals surface area contributed by atoms with Gasteiger partial charge in [0.2, 0.25) is 0 Å². The Morgan fingerprint density at radius 1 is 0.271 bits per heavy atom. The summed E-state index contributed by atoms with van der Waals surface area (Å²) in [5.41, 5.74) is 6.14. The molecule has 0 atom stereocenters. The van der Waals surface area contributed by atoms with E-state index in [2.05, 4.69) is 36.4 Å². The van der Waals surface area contributed by atoms with Crippen LogP contribution in [-0.4, -0.2) is 20.4 Å². The van der Waals surface area contributed by atoms with Crippen LogP contribution in [0.1, 0.15) is 0 Å². The van der Waals surface area contributed by atoms with Crippen molar-refractivity contribution in [3.63, 3.8) is 0 Å². The van der Waals surface area contributed by atoms with Crippen LogP contribution in [0.2, 0.25) is 0 Å². The quantitative estimate of drug-likeness (QED) is 0.117. The summed E-state index contributed by atoms with van der Waals surface area (Å²) in [5, 5.41) is 52.5. The van der Waals surface area contributed by atoms with Crippen LogP contribution in [0.4, 0.5) is 0 Å². The van der Waals surface area contributed by atoms with Gasteiger partial charge in [-0.15, -0.1) is 0 Å². The lowest BCUT2D eigenvalue weighted by Crippen LogP contribution is -1.95. The first-order valence-electron chi connectivity index (χ1n) is 15.8. The van der Waals surface area contributed by atoms with Gasteiger partial charge in [-0.05, 0) is 108 Å². The Morgan fingerprint density at radius 3 is 1.40 bits per heavy atom. The fourth-order valence-corrected chi connectivity index (χ4v) is 7.55. The molecule has 0 spiro atoms. The van der Waals surface area contributed by atoms with Gasteiger partial charge in [0.05, 0.1) is 0 Å². The zero-order valence-corrected chi connectivity index (χ0v) is 25.6. The molecule has 0 bridgehead atoms. The van der Waals surface area contributed by atoms with Crippen LogP contribution in [0.15, 0.2) is 146 Å². The molecule has 0 fully saturated rings.